The van der Waals surface area contributed by atoms with Crippen molar-refractivity contribution in [1.29, 1.82) is 0 Å². The molecule has 0 aromatic heterocycles. The monoisotopic (exact) mass is 348 g/mol. The van der Waals surface area contributed by atoms with Gasteiger partial charge in [0, 0.05) is 4.47 Å². The summed E-state index contributed by atoms with van der Waals surface area (Å²) in [6.07, 6.45) is 0. The van der Waals surface area contributed by atoms with Crippen molar-refractivity contribution >= 4 is 21.9 Å². The van der Waals surface area contributed by atoms with Crippen LogP contribution < -0.4 is 4.74 Å². The van der Waals surface area contributed by atoms with Crippen molar-refractivity contribution in [2.45, 2.75) is 20.5 Å². The zero-order chi connectivity index (χ0) is 15.2. The van der Waals surface area contributed by atoms with Crippen LogP contribution in [-0.2, 0) is 16.1 Å². The molecule has 21 heavy (non-hydrogen) atoms. The lowest BCUT2D eigenvalue weighted by molar-refractivity contribution is -0.147. The Balaban J connectivity index is 1.80. The van der Waals surface area contributed by atoms with Gasteiger partial charge in [0.2, 0.25) is 0 Å². The Morgan fingerprint density at radius 1 is 1.10 bits per heavy atom. The molecule has 0 radical (unpaired) electrons. The van der Waals surface area contributed by atoms with Gasteiger partial charge in [-0.3, -0.25) is 0 Å². The molecule has 0 bridgehead atoms. The quantitative estimate of drug-likeness (QED) is 0.760. The predicted octanol–water partition coefficient (Wildman–Crippen LogP) is 4.19. The van der Waals surface area contributed by atoms with E-state index in [1.807, 2.05) is 56.3 Å². The molecule has 0 heterocycles. The first-order valence-electron chi connectivity index (χ1n) is 6.65. The fraction of sp³-hybridized carbons (Fsp3) is 0.235. The number of rotatable bonds is 5. The van der Waals surface area contributed by atoms with E-state index in [0.717, 1.165) is 15.6 Å². The van der Waals surface area contributed by atoms with Crippen LogP contribution >= 0.6 is 15.9 Å². The number of hydrogen-bond acceptors (Lipinski definition) is 3. The molecule has 0 saturated heterocycles. The molecule has 3 nitrogen and oxygen atoms in total. The molecule has 0 fully saturated rings. The molecule has 0 aliphatic rings. The molecule has 0 unspecified atom stereocenters. The normalized spacial score (nSPS) is 10.2. The van der Waals surface area contributed by atoms with E-state index < -0.39 is 0 Å². The van der Waals surface area contributed by atoms with Crippen LogP contribution in [0, 0.1) is 13.8 Å². The third-order valence-electron chi connectivity index (χ3n) is 3.12. The van der Waals surface area contributed by atoms with Gasteiger partial charge >= 0.3 is 5.97 Å². The molecule has 0 amide bonds. The third-order valence-corrected chi connectivity index (χ3v) is 3.62. The van der Waals surface area contributed by atoms with Crippen molar-refractivity contribution in [2.24, 2.45) is 0 Å². The van der Waals surface area contributed by atoms with E-state index in [1.54, 1.807) is 0 Å². The highest BCUT2D eigenvalue weighted by atomic mass is 79.9. The first-order chi connectivity index (χ1) is 10.0. The second kappa shape index (κ2) is 7.27. The van der Waals surface area contributed by atoms with Crippen LogP contribution in [0.5, 0.6) is 5.75 Å². The number of carbonyl (C=O) groups is 1. The minimum absolute atomic E-state index is 0.0868. The number of esters is 1. The Kier molecular flexibility index (Phi) is 5.39. The zero-order valence-corrected chi connectivity index (χ0v) is 13.6. The maximum Gasteiger partial charge on any atom is 0.344 e. The second-order valence-electron chi connectivity index (χ2n) is 4.83. The van der Waals surface area contributed by atoms with E-state index in [2.05, 4.69) is 15.9 Å². The Labute approximate surface area is 133 Å². The summed E-state index contributed by atoms with van der Waals surface area (Å²) >= 11 is 3.38. The molecular weight excluding hydrogens is 332 g/mol. The average Bonchev–Trinajstić information content (AvgIpc) is 2.46. The fourth-order valence-electron chi connectivity index (χ4n) is 1.78. The van der Waals surface area contributed by atoms with E-state index >= 15 is 0 Å². The molecule has 110 valence electrons. The maximum atomic E-state index is 11.7. The third kappa shape index (κ3) is 4.90. The summed E-state index contributed by atoms with van der Waals surface area (Å²) in [5, 5.41) is 0. The lowest BCUT2D eigenvalue weighted by Gasteiger charge is -2.09. The minimum Gasteiger partial charge on any atom is -0.482 e. The van der Waals surface area contributed by atoms with E-state index in [4.69, 9.17) is 9.47 Å². The number of benzene rings is 2. The van der Waals surface area contributed by atoms with Crippen molar-refractivity contribution in [3.8, 4) is 5.75 Å². The van der Waals surface area contributed by atoms with Gasteiger partial charge in [0.1, 0.15) is 12.4 Å². The number of hydrogen-bond donors (Lipinski definition) is 0. The zero-order valence-electron chi connectivity index (χ0n) is 12.1. The lowest BCUT2D eigenvalue weighted by atomic mass is 10.1. The van der Waals surface area contributed by atoms with Crippen molar-refractivity contribution in [3.05, 3.63) is 63.6 Å². The SMILES string of the molecule is Cc1ccc(OCC(=O)OCc2cccc(Br)c2)cc1C. The van der Waals surface area contributed by atoms with Crippen LogP contribution in [0.2, 0.25) is 0 Å². The lowest BCUT2D eigenvalue weighted by Crippen LogP contribution is -2.14. The number of halogens is 1. The smallest absolute Gasteiger partial charge is 0.344 e. The number of aryl methyl sites for hydroxylation is 2. The molecule has 4 heteroatoms. The Morgan fingerprint density at radius 2 is 1.90 bits per heavy atom. The summed E-state index contributed by atoms with van der Waals surface area (Å²) < 4.78 is 11.6. The van der Waals surface area contributed by atoms with Crippen molar-refractivity contribution in [2.75, 3.05) is 6.61 Å². The molecule has 2 aromatic rings. The van der Waals surface area contributed by atoms with Gasteiger partial charge in [-0.15, -0.1) is 0 Å². The van der Waals surface area contributed by atoms with Crippen LogP contribution in [0.4, 0.5) is 0 Å². The van der Waals surface area contributed by atoms with E-state index in [1.165, 1.54) is 5.56 Å². The maximum absolute atomic E-state index is 11.7. The molecule has 0 atom stereocenters. The van der Waals surface area contributed by atoms with Crippen molar-refractivity contribution in [1.82, 2.24) is 0 Å². The second-order valence-corrected chi connectivity index (χ2v) is 5.74. The molecular formula is C17H17BrO3. The fourth-order valence-corrected chi connectivity index (χ4v) is 2.22. The highest BCUT2D eigenvalue weighted by molar-refractivity contribution is 9.10. The molecule has 0 aliphatic heterocycles. The van der Waals surface area contributed by atoms with Crippen LogP contribution in [0.3, 0.4) is 0 Å². The largest absolute Gasteiger partial charge is 0.482 e. The van der Waals surface area contributed by atoms with Gasteiger partial charge in [-0.25, -0.2) is 4.79 Å². The van der Waals surface area contributed by atoms with Gasteiger partial charge in [-0.1, -0.05) is 34.1 Å². The Hall–Kier alpha value is -1.81. The predicted molar refractivity (Wildman–Crippen MR) is 85.3 cm³/mol. The molecule has 0 saturated carbocycles. The van der Waals surface area contributed by atoms with Crippen molar-refractivity contribution in [3.63, 3.8) is 0 Å². The van der Waals surface area contributed by atoms with Gasteiger partial charge in [-0.2, -0.15) is 0 Å². The topological polar surface area (TPSA) is 35.5 Å². The number of ether oxygens (including phenoxy) is 2. The minimum atomic E-state index is -0.381. The molecule has 2 rings (SSSR count). The summed E-state index contributed by atoms with van der Waals surface area (Å²) in [4.78, 5) is 11.7. The molecule has 0 spiro atoms. The standard InChI is InChI=1S/C17H17BrO3/c1-12-6-7-16(8-13(12)2)20-11-17(19)21-10-14-4-3-5-15(18)9-14/h3-9H,10-11H2,1-2H3. The highest BCUT2D eigenvalue weighted by Crippen LogP contribution is 2.16. The van der Waals surface area contributed by atoms with Gasteiger partial charge in [0.05, 0.1) is 0 Å². The van der Waals surface area contributed by atoms with Crippen LogP contribution in [0.25, 0.3) is 0 Å². The van der Waals surface area contributed by atoms with Crippen LogP contribution in [0.15, 0.2) is 46.9 Å². The van der Waals surface area contributed by atoms with Gasteiger partial charge < -0.3 is 9.47 Å². The van der Waals surface area contributed by atoms with E-state index in [-0.39, 0.29) is 19.2 Å². The summed E-state index contributed by atoms with van der Waals surface area (Å²) in [5.41, 5.74) is 3.26. The van der Waals surface area contributed by atoms with Gasteiger partial charge in [0.25, 0.3) is 0 Å². The number of carbonyl (C=O) groups excluding carboxylic acids is 1. The van der Waals surface area contributed by atoms with E-state index in [0.29, 0.717) is 5.75 Å². The van der Waals surface area contributed by atoms with Crippen LogP contribution in [0.1, 0.15) is 16.7 Å². The molecule has 0 aliphatic carbocycles. The summed E-state index contributed by atoms with van der Waals surface area (Å²) in [7, 11) is 0. The Bertz CT molecular complexity index is 638. The van der Waals surface area contributed by atoms with Gasteiger partial charge in [-0.05, 0) is 54.8 Å². The highest BCUT2D eigenvalue weighted by Gasteiger charge is 2.06. The molecule has 0 N–H and O–H groups in total. The van der Waals surface area contributed by atoms with E-state index in [9.17, 15) is 4.79 Å². The summed E-state index contributed by atoms with van der Waals surface area (Å²) in [5.74, 6) is 0.297. The Morgan fingerprint density at radius 3 is 2.62 bits per heavy atom. The first-order valence-corrected chi connectivity index (χ1v) is 7.44. The average molecular weight is 349 g/mol. The summed E-state index contributed by atoms with van der Waals surface area (Å²) in [6, 6.07) is 13.4. The van der Waals surface area contributed by atoms with Crippen molar-refractivity contribution < 1.29 is 14.3 Å². The molecule has 2 aromatic carbocycles. The summed E-state index contributed by atoms with van der Waals surface area (Å²) in [6.45, 7) is 4.20. The first kappa shape index (κ1) is 15.6. The van der Waals surface area contributed by atoms with Gasteiger partial charge in [0.15, 0.2) is 6.61 Å². The van der Waals surface area contributed by atoms with Crippen LogP contribution in [-0.4, -0.2) is 12.6 Å².